The van der Waals surface area contributed by atoms with Crippen LogP contribution in [0.1, 0.15) is 10.4 Å². The minimum atomic E-state index is -0.225. The van der Waals surface area contributed by atoms with Crippen molar-refractivity contribution in [1.82, 2.24) is 5.32 Å². The molecule has 0 bridgehead atoms. The summed E-state index contributed by atoms with van der Waals surface area (Å²) in [6.07, 6.45) is 0. The van der Waals surface area contributed by atoms with Crippen molar-refractivity contribution < 1.29 is 19.4 Å². The number of methoxy groups -OCH3 is 1. The van der Waals surface area contributed by atoms with E-state index < -0.39 is 0 Å². The first-order valence-corrected chi connectivity index (χ1v) is 5.59. The van der Waals surface area contributed by atoms with Crippen molar-refractivity contribution in [3.8, 4) is 5.75 Å². The summed E-state index contributed by atoms with van der Waals surface area (Å²) in [5, 5.41) is 11.2. The third kappa shape index (κ3) is 4.23. The van der Waals surface area contributed by atoms with Crippen molar-refractivity contribution in [3.05, 3.63) is 23.8 Å². The van der Waals surface area contributed by atoms with Crippen LogP contribution in [0.4, 0.5) is 5.69 Å². The quantitative estimate of drug-likeness (QED) is 0.471. The lowest BCUT2D eigenvalue weighted by molar-refractivity contribution is 0.0838. The van der Waals surface area contributed by atoms with Gasteiger partial charge >= 0.3 is 0 Å². The lowest BCUT2D eigenvalue weighted by Crippen LogP contribution is -2.27. The standard InChI is InChI=1S/C12H18N2O4/c1-17-11-3-2-9(8-10(11)13)12(16)14-4-6-18-7-5-15/h2-3,8,15H,4-7,13H2,1H3,(H,14,16). The summed E-state index contributed by atoms with van der Waals surface area (Å²) in [7, 11) is 1.52. The van der Waals surface area contributed by atoms with Crippen LogP contribution >= 0.6 is 0 Å². The Morgan fingerprint density at radius 1 is 1.44 bits per heavy atom. The van der Waals surface area contributed by atoms with Crippen molar-refractivity contribution in [3.63, 3.8) is 0 Å². The Kier molecular flexibility index (Phi) is 5.96. The van der Waals surface area contributed by atoms with Crippen LogP contribution in [0.2, 0.25) is 0 Å². The lowest BCUT2D eigenvalue weighted by atomic mass is 10.2. The molecule has 6 nitrogen and oxygen atoms in total. The molecule has 0 aliphatic carbocycles. The van der Waals surface area contributed by atoms with E-state index in [1.165, 1.54) is 7.11 Å². The summed E-state index contributed by atoms with van der Waals surface area (Å²) in [5.74, 6) is 0.315. The number of nitrogens with two attached hydrogens (primary N) is 1. The molecular weight excluding hydrogens is 236 g/mol. The molecule has 0 aliphatic heterocycles. The fraction of sp³-hybridized carbons (Fsp3) is 0.417. The van der Waals surface area contributed by atoms with Gasteiger partial charge in [-0.3, -0.25) is 4.79 Å². The molecule has 0 spiro atoms. The first-order chi connectivity index (χ1) is 8.69. The van der Waals surface area contributed by atoms with Crippen LogP contribution in [0, 0.1) is 0 Å². The molecule has 6 heteroatoms. The van der Waals surface area contributed by atoms with Crippen LogP contribution in [0.25, 0.3) is 0 Å². The number of aliphatic hydroxyl groups excluding tert-OH is 1. The number of aliphatic hydroxyl groups is 1. The largest absolute Gasteiger partial charge is 0.495 e. The smallest absolute Gasteiger partial charge is 0.251 e. The maximum Gasteiger partial charge on any atom is 0.251 e. The molecule has 1 amide bonds. The molecule has 0 radical (unpaired) electrons. The number of carbonyl (C=O) groups excluding carboxylic acids is 1. The first-order valence-electron chi connectivity index (χ1n) is 5.59. The molecule has 0 aromatic heterocycles. The van der Waals surface area contributed by atoms with Gasteiger partial charge in [0.1, 0.15) is 5.75 Å². The Hall–Kier alpha value is -1.79. The minimum absolute atomic E-state index is 0.0248. The molecule has 18 heavy (non-hydrogen) atoms. The summed E-state index contributed by atoms with van der Waals surface area (Å²) < 4.78 is 10.0. The molecule has 0 unspecified atom stereocenters. The van der Waals surface area contributed by atoms with Gasteiger partial charge in [0.2, 0.25) is 0 Å². The van der Waals surface area contributed by atoms with Crippen LogP contribution in [-0.4, -0.2) is 44.5 Å². The molecule has 4 N–H and O–H groups in total. The molecule has 100 valence electrons. The van der Waals surface area contributed by atoms with Gasteiger partial charge in [-0.05, 0) is 18.2 Å². The van der Waals surface area contributed by atoms with Gasteiger partial charge in [0.25, 0.3) is 5.91 Å². The molecule has 1 aromatic rings. The van der Waals surface area contributed by atoms with Crippen LogP contribution < -0.4 is 15.8 Å². The Morgan fingerprint density at radius 2 is 2.22 bits per heavy atom. The van der Waals surface area contributed by atoms with E-state index in [1.807, 2.05) is 0 Å². The zero-order chi connectivity index (χ0) is 13.4. The predicted molar refractivity (Wildman–Crippen MR) is 67.6 cm³/mol. The number of nitrogen functional groups attached to an aromatic ring is 1. The molecule has 1 rings (SSSR count). The van der Waals surface area contributed by atoms with Gasteiger partial charge in [0, 0.05) is 12.1 Å². The monoisotopic (exact) mass is 254 g/mol. The zero-order valence-corrected chi connectivity index (χ0v) is 10.3. The van der Waals surface area contributed by atoms with E-state index in [1.54, 1.807) is 18.2 Å². The summed E-state index contributed by atoms with van der Waals surface area (Å²) in [6.45, 7) is 0.983. The van der Waals surface area contributed by atoms with Gasteiger partial charge in [-0.15, -0.1) is 0 Å². The number of benzene rings is 1. The fourth-order valence-electron chi connectivity index (χ4n) is 1.38. The van der Waals surface area contributed by atoms with Crippen molar-refractivity contribution in [2.24, 2.45) is 0 Å². The SMILES string of the molecule is COc1ccc(C(=O)NCCOCCO)cc1N. The van der Waals surface area contributed by atoms with Crippen LogP contribution in [-0.2, 0) is 4.74 Å². The predicted octanol–water partition coefficient (Wildman–Crippen LogP) is 0.0161. The molecule has 0 fully saturated rings. The second kappa shape index (κ2) is 7.52. The van der Waals surface area contributed by atoms with Gasteiger partial charge in [0.15, 0.2) is 0 Å². The molecule has 0 aliphatic rings. The van der Waals surface area contributed by atoms with Gasteiger partial charge in [-0.2, -0.15) is 0 Å². The number of ether oxygens (including phenoxy) is 2. The Balaban J connectivity index is 2.44. The van der Waals surface area contributed by atoms with Crippen molar-refractivity contribution in [2.75, 3.05) is 39.2 Å². The highest BCUT2D eigenvalue weighted by atomic mass is 16.5. The van der Waals surface area contributed by atoms with Gasteiger partial charge in [-0.25, -0.2) is 0 Å². The highest BCUT2D eigenvalue weighted by Crippen LogP contribution is 2.21. The van der Waals surface area contributed by atoms with Crippen molar-refractivity contribution in [2.45, 2.75) is 0 Å². The summed E-state index contributed by atoms with van der Waals surface area (Å²) >= 11 is 0. The number of hydrogen-bond donors (Lipinski definition) is 3. The maximum atomic E-state index is 11.7. The van der Waals surface area contributed by atoms with Crippen LogP contribution in [0.15, 0.2) is 18.2 Å². The van der Waals surface area contributed by atoms with Gasteiger partial charge < -0.3 is 25.6 Å². The number of rotatable bonds is 7. The van der Waals surface area contributed by atoms with Gasteiger partial charge in [0.05, 0.1) is 32.6 Å². The summed E-state index contributed by atoms with van der Waals surface area (Å²) in [5.41, 5.74) is 6.59. The summed E-state index contributed by atoms with van der Waals surface area (Å²) in [6, 6.07) is 4.84. The number of nitrogens with one attached hydrogen (secondary N) is 1. The van der Waals surface area contributed by atoms with E-state index in [0.29, 0.717) is 30.2 Å². The lowest BCUT2D eigenvalue weighted by Gasteiger charge is -2.08. The maximum absolute atomic E-state index is 11.7. The Morgan fingerprint density at radius 3 is 2.83 bits per heavy atom. The number of anilines is 1. The Labute approximate surface area is 106 Å². The average molecular weight is 254 g/mol. The van der Waals surface area contributed by atoms with Crippen molar-refractivity contribution >= 4 is 11.6 Å². The first kappa shape index (κ1) is 14.3. The highest BCUT2D eigenvalue weighted by molar-refractivity contribution is 5.95. The van der Waals surface area contributed by atoms with E-state index in [4.69, 9.17) is 20.3 Å². The number of carbonyl (C=O) groups is 1. The molecule has 0 atom stereocenters. The van der Waals surface area contributed by atoms with Crippen LogP contribution in [0.5, 0.6) is 5.75 Å². The van der Waals surface area contributed by atoms with Crippen LogP contribution in [0.3, 0.4) is 0 Å². The second-order valence-electron chi connectivity index (χ2n) is 3.55. The zero-order valence-electron chi connectivity index (χ0n) is 10.3. The molecule has 0 saturated carbocycles. The fourth-order valence-corrected chi connectivity index (χ4v) is 1.38. The molecular formula is C12H18N2O4. The van der Waals surface area contributed by atoms with Crippen molar-refractivity contribution in [1.29, 1.82) is 0 Å². The average Bonchev–Trinajstić information content (AvgIpc) is 2.38. The normalized spacial score (nSPS) is 10.1. The van der Waals surface area contributed by atoms with E-state index in [9.17, 15) is 4.79 Å². The molecule has 1 aromatic carbocycles. The van der Waals surface area contributed by atoms with E-state index in [2.05, 4.69) is 5.32 Å². The Bertz CT molecular complexity index is 396. The van der Waals surface area contributed by atoms with E-state index in [0.717, 1.165) is 0 Å². The second-order valence-corrected chi connectivity index (χ2v) is 3.55. The number of hydrogen-bond acceptors (Lipinski definition) is 5. The van der Waals surface area contributed by atoms with E-state index >= 15 is 0 Å². The minimum Gasteiger partial charge on any atom is -0.495 e. The third-order valence-corrected chi connectivity index (χ3v) is 2.26. The van der Waals surface area contributed by atoms with Gasteiger partial charge in [-0.1, -0.05) is 0 Å². The molecule has 0 saturated heterocycles. The van der Waals surface area contributed by atoms with E-state index in [-0.39, 0.29) is 19.1 Å². The third-order valence-electron chi connectivity index (χ3n) is 2.26. The molecule has 0 heterocycles. The number of amides is 1. The highest BCUT2D eigenvalue weighted by Gasteiger charge is 2.07. The summed E-state index contributed by atoms with van der Waals surface area (Å²) in [4.78, 5) is 11.7. The topological polar surface area (TPSA) is 93.8 Å².